The van der Waals surface area contributed by atoms with Gasteiger partial charge in [-0.2, -0.15) is 13.2 Å². The maximum atomic E-state index is 12.3. The minimum absolute atomic E-state index is 0. The molecule has 0 saturated carbocycles. The first kappa shape index (κ1) is 23.9. The number of rotatable bonds is 5. The van der Waals surface area contributed by atoms with Crippen LogP contribution in [-0.4, -0.2) is 37.7 Å². The van der Waals surface area contributed by atoms with Gasteiger partial charge in [-0.3, -0.25) is 4.40 Å². The van der Waals surface area contributed by atoms with E-state index in [1.165, 1.54) is 0 Å². The molecule has 11 heteroatoms. The van der Waals surface area contributed by atoms with Crippen LogP contribution in [0.15, 0.2) is 61.3 Å². The number of amides is 2. The molecule has 0 aliphatic heterocycles. The van der Waals surface area contributed by atoms with Crippen LogP contribution >= 0.6 is 12.4 Å². The van der Waals surface area contributed by atoms with Gasteiger partial charge in [-0.25, -0.2) is 14.8 Å². The van der Waals surface area contributed by atoms with Crippen molar-refractivity contribution in [1.82, 2.24) is 24.3 Å². The van der Waals surface area contributed by atoms with E-state index in [1.807, 2.05) is 52.6 Å². The quantitative estimate of drug-likeness (QED) is 0.425. The second-order valence-corrected chi connectivity index (χ2v) is 7.10. The van der Waals surface area contributed by atoms with E-state index >= 15 is 0 Å². The van der Waals surface area contributed by atoms with Crippen LogP contribution in [0.2, 0.25) is 0 Å². The molecule has 7 nitrogen and oxygen atoms in total. The van der Waals surface area contributed by atoms with Crippen molar-refractivity contribution < 1.29 is 18.0 Å². The van der Waals surface area contributed by atoms with Crippen LogP contribution in [0.3, 0.4) is 0 Å². The number of anilines is 1. The molecule has 2 N–H and O–H groups in total. The van der Waals surface area contributed by atoms with Crippen LogP contribution in [0, 0.1) is 0 Å². The summed E-state index contributed by atoms with van der Waals surface area (Å²) in [5, 5.41) is 4.19. The summed E-state index contributed by atoms with van der Waals surface area (Å²) in [5.74, 6) is 0. The average molecular weight is 477 g/mol. The molecule has 0 spiro atoms. The Labute approximate surface area is 193 Å². The van der Waals surface area contributed by atoms with E-state index in [0.717, 1.165) is 28.2 Å². The number of aryl methyl sites for hydroxylation is 1. The largest absolute Gasteiger partial charge is 0.405 e. The van der Waals surface area contributed by atoms with E-state index in [2.05, 4.69) is 15.3 Å². The summed E-state index contributed by atoms with van der Waals surface area (Å²) in [6.07, 6.45) is 6.54. The van der Waals surface area contributed by atoms with Crippen LogP contribution in [0.25, 0.3) is 29.1 Å². The summed E-state index contributed by atoms with van der Waals surface area (Å²) >= 11 is 0. The van der Waals surface area contributed by atoms with Crippen molar-refractivity contribution in [3.05, 3.63) is 72.6 Å². The van der Waals surface area contributed by atoms with Crippen LogP contribution in [0.5, 0.6) is 0 Å². The van der Waals surface area contributed by atoms with E-state index in [-0.39, 0.29) is 12.4 Å². The number of halogens is 4. The highest BCUT2D eigenvalue weighted by Gasteiger charge is 2.27. The predicted octanol–water partition coefficient (Wildman–Crippen LogP) is 5.01. The second kappa shape index (κ2) is 9.78. The predicted molar refractivity (Wildman–Crippen MR) is 123 cm³/mol. The molecule has 4 rings (SSSR count). The smallest absolute Gasteiger partial charge is 0.334 e. The maximum absolute atomic E-state index is 12.3. The molecule has 0 aliphatic rings. The van der Waals surface area contributed by atoms with Gasteiger partial charge in [0.05, 0.1) is 30.1 Å². The summed E-state index contributed by atoms with van der Waals surface area (Å²) in [5.41, 5.74) is 4.57. The lowest BCUT2D eigenvalue weighted by molar-refractivity contribution is -0.122. The highest BCUT2D eigenvalue weighted by Crippen LogP contribution is 2.24. The van der Waals surface area contributed by atoms with E-state index < -0.39 is 18.8 Å². The number of carbonyl (C=O) groups is 1. The number of nitrogens with zero attached hydrogens (tertiary/aromatic N) is 4. The first-order chi connectivity index (χ1) is 15.3. The average Bonchev–Trinajstić information content (AvgIpc) is 3.36. The standard InChI is InChI=1S/C22H19F3N6O.ClH/c1-30-14-26-11-18(30)6-5-15-7-8-31-19(12-27-20(31)9-15)16-3-2-4-17(10-16)29-21(32)28-13-22(23,24)25;/h2-12,14H,13H2,1H3,(H2,28,29,32);1H/b6-5+;. The number of benzene rings is 1. The lowest BCUT2D eigenvalue weighted by atomic mass is 10.1. The summed E-state index contributed by atoms with van der Waals surface area (Å²) in [6.45, 7) is -1.40. The van der Waals surface area contributed by atoms with Gasteiger partial charge in [-0.15, -0.1) is 12.4 Å². The van der Waals surface area contributed by atoms with Crippen molar-refractivity contribution in [2.45, 2.75) is 6.18 Å². The van der Waals surface area contributed by atoms with Crippen molar-refractivity contribution in [2.75, 3.05) is 11.9 Å². The van der Waals surface area contributed by atoms with Crippen LogP contribution in [0.4, 0.5) is 23.7 Å². The number of hydrogen-bond acceptors (Lipinski definition) is 3. The van der Waals surface area contributed by atoms with Gasteiger partial charge in [0.1, 0.15) is 12.2 Å². The van der Waals surface area contributed by atoms with Crippen LogP contribution < -0.4 is 10.6 Å². The molecule has 0 bridgehead atoms. The molecule has 0 fully saturated rings. The molecule has 172 valence electrons. The fourth-order valence-corrected chi connectivity index (χ4v) is 3.14. The molecule has 0 aliphatic carbocycles. The van der Waals surface area contributed by atoms with Gasteiger partial charge in [-0.05, 0) is 35.9 Å². The van der Waals surface area contributed by atoms with E-state index in [9.17, 15) is 18.0 Å². The monoisotopic (exact) mass is 476 g/mol. The van der Waals surface area contributed by atoms with E-state index in [0.29, 0.717) is 5.69 Å². The number of hydrogen-bond donors (Lipinski definition) is 2. The number of nitrogens with one attached hydrogen (secondary N) is 2. The van der Waals surface area contributed by atoms with E-state index in [1.54, 1.807) is 42.2 Å². The summed E-state index contributed by atoms with van der Waals surface area (Å²) in [4.78, 5) is 20.3. The molecule has 0 atom stereocenters. The molecule has 0 saturated heterocycles. The molecule has 3 heterocycles. The summed E-state index contributed by atoms with van der Waals surface area (Å²) in [6, 6.07) is 9.76. The Hall–Kier alpha value is -3.79. The molecule has 33 heavy (non-hydrogen) atoms. The number of imidazole rings is 2. The number of pyridine rings is 1. The van der Waals surface area contributed by atoms with E-state index in [4.69, 9.17) is 0 Å². The minimum atomic E-state index is -4.47. The first-order valence-corrected chi connectivity index (χ1v) is 9.62. The number of fused-ring (bicyclic) bond motifs is 1. The third-order valence-corrected chi connectivity index (χ3v) is 4.70. The zero-order valence-electron chi connectivity index (χ0n) is 17.4. The second-order valence-electron chi connectivity index (χ2n) is 7.10. The Bertz CT molecular complexity index is 1290. The third-order valence-electron chi connectivity index (χ3n) is 4.70. The number of aromatic nitrogens is 4. The van der Waals surface area contributed by atoms with Gasteiger partial charge in [0.15, 0.2) is 0 Å². The van der Waals surface area contributed by atoms with Gasteiger partial charge < -0.3 is 15.2 Å². The maximum Gasteiger partial charge on any atom is 0.405 e. The summed E-state index contributed by atoms with van der Waals surface area (Å²) < 4.78 is 40.6. The molecule has 1 aromatic carbocycles. The van der Waals surface area contributed by atoms with Gasteiger partial charge in [0, 0.05) is 24.5 Å². The first-order valence-electron chi connectivity index (χ1n) is 9.62. The van der Waals surface area contributed by atoms with Crippen molar-refractivity contribution in [3.8, 4) is 11.3 Å². The molecule has 3 aromatic heterocycles. The lowest BCUT2D eigenvalue weighted by Gasteiger charge is -2.10. The topological polar surface area (TPSA) is 76.2 Å². The molecular formula is C22H20ClF3N6O. The fraction of sp³-hybridized carbons (Fsp3) is 0.136. The Morgan fingerprint density at radius 2 is 1.97 bits per heavy atom. The van der Waals surface area contributed by atoms with Gasteiger partial charge in [0.2, 0.25) is 0 Å². The van der Waals surface area contributed by atoms with Gasteiger partial charge in [0.25, 0.3) is 0 Å². The zero-order chi connectivity index (χ0) is 22.7. The van der Waals surface area contributed by atoms with Crippen LogP contribution in [0.1, 0.15) is 11.3 Å². The van der Waals surface area contributed by atoms with Crippen LogP contribution in [-0.2, 0) is 7.05 Å². The molecular weight excluding hydrogens is 457 g/mol. The summed E-state index contributed by atoms with van der Waals surface area (Å²) in [7, 11) is 1.92. The van der Waals surface area contributed by atoms with Crippen molar-refractivity contribution >= 4 is 41.9 Å². The van der Waals surface area contributed by atoms with Gasteiger partial charge >= 0.3 is 12.2 Å². The number of alkyl halides is 3. The zero-order valence-corrected chi connectivity index (χ0v) is 18.2. The number of carbonyl (C=O) groups excluding carboxylic acids is 1. The number of urea groups is 1. The molecule has 0 radical (unpaired) electrons. The highest BCUT2D eigenvalue weighted by atomic mass is 35.5. The third kappa shape index (κ3) is 5.92. The minimum Gasteiger partial charge on any atom is -0.334 e. The van der Waals surface area contributed by atoms with Crippen molar-refractivity contribution in [2.24, 2.45) is 7.05 Å². The van der Waals surface area contributed by atoms with Gasteiger partial charge in [-0.1, -0.05) is 18.2 Å². The van der Waals surface area contributed by atoms with Crippen molar-refractivity contribution in [1.29, 1.82) is 0 Å². The SMILES string of the molecule is Cl.Cn1cncc1/C=C/c1ccn2c(-c3cccc(NC(=O)NCC(F)(F)F)c3)cnc2c1. The Balaban J connectivity index is 0.00000306. The lowest BCUT2D eigenvalue weighted by Crippen LogP contribution is -2.36. The van der Waals surface area contributed by atoms with Crippen molar-refractivity contribution in [3.63, 3.8) is 0 Å². The Morgan fingerprint density at radius 3 is 2.70 bits per heavy atom. The Kier molecular flexibility index (Phi) is 7.07. The normalized spacial score (nSPS) is 11.5. The molecule has 2 amide bonds. The molecule has 4 aromatic rings. The Morgan fingerprint density at radius 1 is 1.15 bits per heavy atom. The fourth-order valence-electron chi connectivity index (χ4n) is 3.14. The highest BCUT2D eigenvalue weighted by molar-refractivity contribution is 5.90. The molecule has 0 unspecified atom stereocenters.